The van der Waals surface area contributed by atoms with Crippen molar-refractivity contribution in [2.45, 2.75) is 6.54 Å². The van der Waals surface area contributed by atoms with Gasteiger partial charge in [-0.05, 0) is 0 Å². The van der Waals surface area contributed by atoms with E-state index < -0.39 is 0 Å². The van der Waals surface area contributed by atoms with E-state index in [9.17, 15) is 4.79 Å². The molecule has 0 aliphatic heterocycles. The fraction of sp³-hybridized carbons (Fsp3) is 0.375. The molecule has 0 bridgehead atoms. The molecule has 0 unspecified atom stereocenters. The van der Waals surface area contributed by atoms with Gasteiger partial charge in [0.1, 0.15) is 12.2 Å². The quantitative estimate of drug-likeness (QED) is 0.487. The highest BCUT2D eigenvalue weighted by Gasteiger charge is 2.06. The minimum absolute atomic E-state index is 0.0338. The van der Waals surface area contributed by atoms with Gasteiger partial charge in [0.15, 0.2) is 5.96 Å². The maximum Gasteiger partial charge on any atom is 0.243 e. The molecule has 1 aromatic heterocycles. The van der Waals surface area contributed by atoms with E-state index >= 15 is 0 Å². The standard InChI is InChI=1S/C8H14N6O/c1-13(2)7(15)5-14-4-6(3-11-14)12-8(9)10/h3-4H,5H2,1-2H3,(H4,9,10,12). The lowest BCUT2D eigenvalue weighted by Crippen LogP contribution is -2.26. The number of hydrogen-bond acceptors (Lipinski definition) is 3. The molecular formula is C8H14N6O. The summed E-state index contributed by atoms with van der Waals surface area (Å²) in [6.45, 7) is 0.174. The van der Waals surface area contributed by atoms with Crippen molar-refractivity contribution in [3.8, 4) is 0 Å². The summed E-state index contributed by atoms with van der Waals surface area (Å²) < 4.78 is 1.48. The number of carbonyl (C=O) groups is 1. The van der Waals surface area contributed by atoms with Gasteiger partial charge in [-0.1, -0.05) is 0 Å². The molecule has 0 aliphatic carbocycles. The Hall–Kier alpha value is -2.05. The molecule has 7 nitrogen and oxygen atoms in total. The monoisotopic (exact) mass is 210 g/mol. The second-order valence-electron chi connectivity index (χ2n) is 3.22. The van der Waals surface area contributed by atoms with Gasteiger partial charge in [-0.25, -0.2) is 4.99 Å². The Bertz CT molecular complexity index is 376. The molecule has 0 spiro atoms. The highest BCUT2D eigenvalue weighted by molar-refractivity contribution is 5.79. The molecule has 15 heavy (non-hydrogen) atoms. The fourth-order valence-electron chi connectivity index (χ4n) is 0.926. The molecule has 0 atom stereocenters. The highest BCUT2D eigenvalue weighted by atomic mass is 16.2. The van der Waals surface area contributed by atoms with E-state index in [1.807, 2.05) is 0 Å². The Kier molecular flexibility index (Phi) is 3.27. The lowest BCUT2D eigenvalue weighted by molar-refractivity contribution is -0.129. The molecule has 82 valence electrons. The summed E-state index contributed by atoms with van der Waals surface area (Å²) in [5, 5.41) is 3.94. The van der Waals surface area contributed by atoms with E-state index in [1.54, 1.807) is 20.3 Å². The summed E-state index contributed by atoms with van der Waals surface area (Å²) in [5.74, 6) is -0.0807. The van der Waals surface area contributed by atoms with Gasteiger partial charge >= 0.3 is 0 Å². The molecule has 4 N–H and O–H groups in total. The van der Waals surface area contributed by atoms with Gasteiger partial charge in [-0.15, -0.1) is 0 Å². The van der Waals surface area contributed by atoms with Crippen molar-refractivity contribution in [2.75, 3.05) is 14.1 Å². The van der Waals surface area contributed by atoms with Crippen molar-refractivity contribution in [1.29, 1.82) is 0 Å². The van der Waals surface area contributed by atoms with Gasteiger partial charge in [-0.3, -0.25) is 9.48 Å². The van der Waals surface area contributed by atoms with Crippen LogP contribution in [0.2, 0.25) is 0 Å². The molecule has 0 aromatic carbocycles. The number of rotatable bonds is 3. The van der Waals surface area contributed by atoms with Gasteiger partial charge in [0.2, 0.25) is 5.91 Å². The van der Waals surface area contributed by atoms with Gasteiger partial charge in [0.05, 0.1) is 12.4 Å². The first-order valence-corrected chi connectivity index (χ1v) is 4.31. The number of amides is 1. The van der Waals surface area contributed by atoms with E-state index in [0.717, 1.165) is 0 Å². The highest BCUT2D eigenvalue weighted by Crippen LogP contribution is 2.08. The summed E-state index contributed by atoms with van der Waals surface area (Å²) in [4.78, 5) is 16.6. The number of aliphatic imine (C=N–C) groups is 1. The first-order valence-electron chi connectivity index (χ1n) is 4.31. The largest absolute Gasteiger partial charge is 0.370 e. The lowest BCUT2D eigenvalue weighted by atomic mass is 10.5. The summed E-state index contributed by atoms with van der Waals surface area (Å²) in [5.41, 5.74) is 10.9. The van der Waals surface area contributed by atoms with Crippen LogP contribution in [-0.2, 0) is 11.3 Å². The van der Waals surface area contributed by atoms with Gasteiger partial charge in [-0.2, -0.15) is 5.10 Å². The molecule has 1 aromatic rings. The molecular weight excluding hydrogens is 196 g/mol. The molecule has 0 fully saturated rings. The Morgan fingerprint density at radius 1 is 1.60 bits per heavy atom. The van der Waals surface area contributed by atoms with Crippen LogP contribution in [0.1, 0.15) is 0 Å². The van der Waals surface area contributed by atoms with Crippen LogP contribution in [0.4, 0.5) is 5.69 Å². The average Bonchev–Trinajstić information content (AvgIpc) is 2.51. The van der Waals surface area contributed by atoms with Crippen molar-refractivity contribution in [3.63, 3.8) is 0 Å². The second-order valence-corrected chi connectivity index (χ2v) is 3.22. The van der Waals surface area contributed by atoms with Crippen LogP contribution in [0, 0.1) is 0 Å². The first kappa shape index (κ1) is 11.0. The predicted molar refractivity (Wildman–Crippen MR) is 56.4 cm³/mol. The maximum atomic E-state index is 11.3. The predicted octanol–water partition coefficient (Wildman–Crippen LogP) is -1.12. The minimum Gasteiger partial charge on any atom is -0.370 e. The summed E-state index contributed by atoms with van der Waals surface area (Å²) in [6.07, 6.45) is 3.09. The van der Waals surface area contributed by atoms with E-state index in [4.69, 9.17) is 11.5 Å². The smallest absolute Gasteiger partial charge is 0.243 e. The Morgan fingerprint density at radius 3 is 2.80 bits per heavy atom. The van der Waals surface area contributed by atoms with E-state index in [-0.39, 0.29) is 18.4 Å². The molecule has 1 amide bonds. The van der Waals surface area contributed by atoms with E-state index in [2.05, 4.69) is 10.1 Å². The number of likely N-dealkylation sites (N-methyl/N-ethyl adjacent to an activating group) is 1. The van der Waals surface area contributed by atoms with Crippen molar-refractivity contribution < 1.29 is 4.79 Å². The lowest BCUT2D eigenvalue weighted by Gasteiger charge is -2.09. The van der Waals surface area contributed by atoms with Crippen molar-refractivity contribution in [3.05, 3.63) is 12.4 Å². The third kappa shape index (κ3) is 3.29. The Labute approximate surface area is 87.4 Å². The number of aromatic nitrogens is 2. The molecule has 7 heteroatoms. The van der Waals surface area contributed by atoms with Gasteiger partial charge in [0.25, 0.3) is 0 Å². The summed E-state index contributed by atoms with van der Waals surface area (Å²) >= 11 is 0. The molecule has 0 radical (unpaired) electrons. The van der Waals surface area contributed by atoms with Crippen LogP contribution < -0.4 is 11.5 Å². The topological polar surface area (TPSA) is 103 Å². The molecule has 0 saturated heterocycles. The SMILES string of the molecule is CN(C)C(=O)Cn1cc(N=C(N)N)cn1. The second kappa shape index (κ2) is 4.45. The molecule has 0 aliphatic rings. The van der Waals surface area contributed by atoms with E-state index in [1.165, 1.54) is 15.8 Å². The summed E-state index contributed by atoms with van der Waals surface area (Å²) in [6, 6.07) is 0. The van der Waals surface area contributed by atoms with Crippen molar-refractivity contribution >= 4 is 17.6 Å². The minimum atomic E-state index is -0.0469. The zero-order valence-electron chi connectivity index (χ0n) is 8.71. The Balaban J connectivity index is 2.69. The summed E-state index contributed by atoms with van der Waals surface area (Å²) in [7, 11) is 3.37. The average molecular weight is 210 g/mol. The number of carbonyl (C=O) groups excluding carboxylic acids is 1. The Morgan fingerprint density at radius 2 is 2.27 bits per heavy atom. The van der Waals surface area contributed by atoms with Gasteiger partial charge < -0.3 is 16.4 Å². The molecule has 1 rings (SSSR count). The fourth-order valence-corrected chi connectivity index (χ4v) is 0.926. The third-order valence-corrected chi connectivity index (χ3v) is 1.67. The normalized spacial score (nSPS) is 9.73. The zero-order chi connectivity index (χ0) is 11.4. The van der Waals surface area contributed by atoms with Crippen LogP contribution in [0.15, 0.2) is 17.4 Å². The maximum absolute atomic E-state index is 11.3. The van der Waals surface area contributed by atoms with Crippen molar-refractivity contribution in [2.24, 2.45) is 16.5 Å². The number of guanidine groups is 1. The number of nitrogens with zero attached hydrogens (tertiary/aromatic N) is 4. The molecule has 0 saturated carbocycles. The molecule has 1 heterocycles. The van der Waals surface area contributed by atoms with Crippen LogP contribution in [0.3, 0.4) is 0 Å². The van der Waals surface area contributed by atoms with Crippen LogP contribution in [0.25, 0.3) is 0 Å². The van der Waals surface area contributed by atoms with Gasteiger partial charge in [0, 0.05) is 14.1 Å². The zero-order valence-corrected chi connectivity index (χ0v) is 8.71. The van der Waals surface area contributed by atoms with Crippen molar-refractivity contribution in [1.82, 2.24) is 14.7 Å². The van der Waals surface area contributed by atoms with Crippen LogP contribution in [-0.4, -0.2) is 40.6 Å². The number of hydrogen-bond donors (Lipinski definition) is 2. The third-order valence-electron chi connectivity index (χ3n) is 1.67. The van der Waals surface area contributed by atoms with Crippen LogP contribution >= 0.6 is 0 Å². The first-order chi connectivity index (χ1) is 6.99. The number of nitrogens with two attached hydrogens (primary N) is 2. The van der Waals surface area contributed by atoms with Crippen LogP contribution in [0.5, 0.6) is 0 Å². The van der Waals surface area contributed by atoms with E-state index in [0.29, 0.717) is 5.69 Å².